The molecule has 0 aromatic heterocycles. The van der Waals surface area contributed by atoms with Crippen LogP contribution in [0.2, 0.25) is 0 Å². The smallest absolute Gasteiger partial charge is 0.256 e. The first-order valence-corrected chi connectivity index (χ1v) is 10.2. The van der Waals surface area contributed by atoms with Gasteiger partial charge in [-0.25, -0.2) is 8.42 Å². The normalized spacial score (nSPS) is 14.6. The van der Waals surface area contributed by atoms with Crippen molar-refractivity contribution in [3.63, 3.8) is 0 Å². The Morgan fingerprint density at radius 2 is 1.59 bits per heavy atom. The van der Waals surface area contributed by atoms with E-state index in [-0.39, 0.29) is 10.8 Å². The van der Waals surface area contributed by atoms with E-state index >= 15 is 0 Å². The summed E-state index contributed by atoms with van der Waals surface area (Å²) in [5.74, 6) is -1.61. The summed E-state index contributed by atoms with van der Waals surface area (Å²) in [4.78, 5) is 26.8. The van der Waals surface area contributed by atoms with Crippen LogP contribution in [0.1, 0.15) is 10.4 Å². The molecular weight excluding hydrogens is 368 g/mol. The average molecular weight is 388 g/mol. The van der Waals surface area contributed by atoms with Crippen molar-refractivity contribution in [1.82, 2.24) is 4.90 Å². The Bertz CT molecular complexity index is 922. The van der Waals surface area contributed by atoms with Crippen LogP contribution >= 0.6 is 0 Å². The predicted octanol–water partition coefficient (Wildman–Crippen LogP) is 1.57. The first kappa shape index (κ1) is 19.1. The molecular formula is C19H20N2O5S. The number of para-hydroxylation sites is 1. The lowest BCUT2D eigenvalue weighted by atomic mass is 10.1. The van der Waals surface area contributed by atoms with E-state index in [1.807, 2.05) is 0 Å². The van der Waals surface area contributed by atoms with Crippen molar-refractivity contribution in [3.8, 4) is 0 Å². The second kappa shape index (κ2) is 8.32. The van der Waals surface area contributed by atoms with Crippen molar-refractivity contribution < 1.29 is 22.7 Å². The molecule has 1 aliphatic heterocycles. The van der Waals surface area contributed by atoms with Crippen LogP contribution in [0.4, 0.5) is 5.69 Å². The Balaban J connectivity index is 1.74. The summed E-state index contributed by atoms with van der Waals surface area (Å²) < 4.78 is 29.9. The maximum Gasteiger partial charge on any atom is 0.256 e. The molecule has 142 valence electrons. The lowest BCUT2D eigenvalue weighted by Gasteiger charge is -2.27. The molecule has 3 rings (SSSR count). The molecule has 1 fully saturated rings. The van der Waals surface area contributed by atoms with Gasteiger partial charge in [0.2, 0.25) is 5.91 Å². The van der Waals surface area contributed by atoms with Crippen LogP contribution in [0, 0.1) is 0 Å². The fourth-order valence-corrected chi connectivity index (χ4v) is 3.94. The standard InChI is InChI=1S/C19H20N2O5S/c22-18(14-27(24,25)15-6-2-1-3-7-15)20-17-9-5-4-8-16(17)19(23)21-10-12-26-13-11-21/h1-9H,10-14H2,(H,20,22). The first-order valence-electron chi connectivity index (χ1n) is 8.51. The Hall–Kier alpha value is -2.71. The van der Waals surface area contributed by atoms with Crippen molar-refractivity contribution in [2.75, 3.05) is 37.4 Å². The minimum absolute atomic E-state index is 0.0813. The summed E-state index contributed by atoms with van der Waals surface area (Å²) in [6, 6.07) is 14.4. The molecule has 0 saturated carbocycles. The highest BCUT2D eigenvalue weighted by atomic mass is 32.2. The third kappa shape index (κ3) is 4.72. The number of morpholine rings is 1. The summed E-state index contributed by atoms with van der Waals surface area (Å²) in [5.41, 5.74) is 0.618. The van der Waals surface area contributed by atoms with Gasteiger partial charge < -0.3 is 15.0 Å². The molecule has 1 aliphatic rings. The zero-order chi connectivity index (χ0) is 19.3. The van der Waals surface area contributed by atoms with Gasteiger partial charge >= 0.3 is 0 Å². The van der Waals surface area contributed by atoms with E-state index < -0.39 is 21.5 Å². The van der Waals surface area contributed by atoms with Gasteiger partial charge in [0, 0.05) is 13.1 Å². The molecule has 2 aromatic rings. The molecule has 0 spiro atoms. The summed E-state index contributed by atoms with van der Waals surface area (Å²) in [5, 5.41) is 2.56. The van der Waals surface area contributed by atoms with Crippen molar-refractivity contribution in [2.45, 2.75) is 4.90 Å². The number of carbonyl (C=O) groups excluding carboxylic acids is 2. The van der Waals surface area contributed by atoms with E-state index in [1.165, 1.54) is 12.1 Å². The fraction of sp³-hybridized carbons (Fsp3) is 0.263. The van der Waals surface area contributed by atoms with Crippen molar-refractivity contribution in [3.05, 3.63) is 60.2 Å². The molecule has 0 radical (unpaired) electrons. The molecule has 0 bridgehead atoms. The summed E-state index contributed by atoms with van der Waals surface area (Å²) in [6.07, 6.45) is 0. The van der Waals surface area contributed by atoms with E-state index in [1.54, 1.807) is 47.4 Å². The minimum Gasteiger partial charge on any atom is -0.378 e. The van der Waals surface area contributed by atoms with Crippen molar-refractivity contribution in [1.29, 1.82) is 0 Å². The quantitative estimate of drug-likeness (QED) is 0.839. The van der Waals surface area contributed by atoms with Gasteiger partial charge in [-0.3, -0.25) is 9.59 Å². The van der Waals surface area contributed by atoms with E-state index in [2.05, 4.69) is 5.32 Å². The van der Waals surface area contributed by atoms with E-state index in [4.69, 9.17) is 4.74 Å². The molecule has 7 nitrogen and oxygen atoms in total. The van der Waals surface area contributed by atoms with Gasteiger partial charge in [0.25, 0.3) is 5.91 Å². The Morgan fingerprint density at radius 1 is 0.963 bits per heavy atom. The zero-order valence-corrected chi connectivity index (χ0v) is 15.4. The Kier molecular flexibility index (Phi) is 5.88. The van der Waals surface area contributed by atoms with E-state index in [9.17, 15) is 18.0 Å². The number of nitrogens with zero attached hydrogens (tertiary/aromatic N) is 1. The SMILES string of the molecule is O=C(CS(=O)(=O)c1ccccc1)Nc1ccccc1C(=O)N1CCOCC1. The first-order chi connectivity index (χ1) is 13.0. The lowest BCUT2D eigenvalue weighted by molar-refractivity contribution is -0.113. The number of ether oxygens (including phenoxy) is 1. The molecule has 1 heterocycles. The number of hydrogen-bond acceptors (Lipinski definition) is 5. The highest BCUT2D eigenvalue weighted by Crippen LogP contribution is 2.19. The number of rotatable bonds is 5. The van der Waals surface area contributed by atoms with Crippen LogP contribution in [-0.2, 0) is 19.4 Å². The van der Waals surface area contributed by atoms with Gasteiger partial charge in [-0.05, 0) is 24.3 Å². The second-order valence-corrected chi connectivity index (χ2v) is 8.06. The number of amides is 2. The molecule has 2 amide bonds. The van der Waals surface area contributed by atoms with Gasteiger partial charge in [-0.15, -0.1) is 0 Å². The average Bonchev–Trinajstić information content (AvgIpc) is 2.69. The minimum atomic E-state index is -3.76. The van der Waals surface area contributed by atoms with Gasteiger partial charge in [-0.1, -0.05) is 30.3 Å². The fourth-order valence-electron chi connectivity index (χ4n) is 2.79. The van der Waals surface area contributed by atoms with Crippen molar-refractivity contribution >= 4 is 27.3 Å². The summed E-state index contributed by atoms with van der Waals surface area (Å²) in [7, 11) is -3.76. The van der Waals surface area contributed by atoms with Crippen molar-refractivity contribution in [2.24, 2.45) is 0 Å². The van der Waals surface area contributed by atoms with E-state index in [0.29, 0.717) is 37.6 Å². The summed E-state index contributed by atoms with van der Waals surface area (Å²) >= 11 is 0. The number of benzene rings is 2. The number of sulfone groups is 1. The summed E-state index contributed by atoms with van der Waals surface area (Å²) in [6.45, 7) is 1.89. The Labute approximate surface area is 157 Å². The molecule has 0 atom stereocenters. The predicted molar refractivity (Wildman–Crippen MR) is 100 cm³/mol. The van der Waals surface area contributed by atoms with Gasteiger partial charge in [-0.2, -0.15) is 0 Å². The van der Waals surface area contributed by atoms with Crippen LogP contribution in [0.5, 0.6) is 0 Å². The third-order valence-electron chi connectivity index (χ3n) is 4.15. The third-order valence-corrected chi connectivity index (χ3v) is 5.79. The van der Waals surface area contributed by atoms with Crippen LogP contribution in [0.15, 0.2) is 59.5 Å². The highest BCUT2D eigenvalue weighted by molar-refractivity contribution is 7.92. The van der Waals surface area contributed by atoms with Crippen LogP contribution in [0.3, 0.4) is 0 Å². The zero-order valence-electron chi connectivity index (χ0n) is 14.6. The molecule has 2 aromatic carbocycles. The maximum atomic E-state index is 12.7. The second-order valence-electron chi connectivity index (χ2n) is 6.07. The monoisotopic (exact) mass is 388 g/mol. The molecule has 0 aliphatic carbocycles. The van der Waals surface area contributed by atoms with Gasteiger partial charge in [0.05, 0.1) is 29.4 Å². The topological polar surface area (TPSA) is 92.8 Å². The van der Waals surface area contributed by atoms with Crippen LogP contribution in [0.25, 0.3) is 0 Å². The number of carbonyl (C=O) groups is 2. The maximum absolute atomic E-state index is 12.7. The molecule has 27 heavy (non-hydrogen) atoms. The number of hydrogen-bond donors (Lipinski definition) is 1. The Morgan fingerprint density at radius 3 is 2.30 bits per heavy atom. The molecule has 0 unspecified atom stereocenters. The van der Waals surface area contributed by atoms with Crippen LogP contribution < -0.4 is 5.32 Å². The highest BCUT2D eigenvalue weighted by Gasteiger charge is 2.23. The number of nitrogens with one attached hydrogen (secondary N) is 1. The van der Waals surface area contributed by atoms with E-state index in [0.717, 1.165) is 0 Å². The molecule has 1 saturated heterocycles. The molecule has 1 N–H and O–H groups in total. The van der Waals surface area contributed by atoms with Crippen LogP contribution in [-0.4, -0.2) is 57.2 Å². The lowest BCUT2D eigenvalue weighted by Crippen LogP contribution is -2.41. The molecule has 8 heteroatoms. The van der Waals surface area contributed by atoms with Gasteiger partial charge in [0.15, 0.2) is 9.84 Å². The van der Waals surface area contributed by atoms with Gasteiger partial charge in [0.1, 0.15) is 5.75 Å². The largest absolute Gasteiger partial charge is 0.378 e. The number of anilines is 1.